The van der Waals surface area contributed by atoms with Gasteiger partial charge in [-0.3, -0.25) is 19.3 Å². The number of ether oxygens (including phenoxy) is 1. The lowest BCUT2D eigenvalue weighted by Gasteiger charge is -2.45. The van der Waals surface area contributed by atoms with Crippen LogP contribution in [0.15, 0.2) is 72.8 Å². The molecule has 3 aliphatic carbocycles. The lowest BCUT2D eigenvalue weighted by Crippen LogP contribution is -2.49. The number of halogens is 1. The van der Waals surface area contributed by atoms with Gasteiger partial charge >= 0.3 is 5.97 Å². The van der Waals surface area contributed by atoms with Crippen molar-refractivity contribution in [3.8, 4) is 0 Å². The first-order valence-corrected chi connectivity index (χ1v) is 13.4. The quantitative estimate of drug-likeness (QED) is 0.359. The van der Waals surface area contributed by atoms with Crippen molar-refractivity contribution in [1.82, 2.24) is 4.90 Å². The average molecular weight is 543 g/mol. The SMILES string of the molecule is CC(C)[C@H](C(=O)OCC(=O)Nc1cccc(Cl)c1)N1C(=O)[C@H]2C3c4ccccc4C(c4ccccc43)[C@@H]2C1=O. The first-order chi connectivity index (χ1) is 18.8. The Bertz CT molecular complexity index is 1400. The highest BCUT2D eigenvalue weighted by atomic mass is 35.5. The van der Waals surface area contributed by atoms with Gasteiger partial charge in [-0.2, -0.15) is 0 Å². The highest BCUT2D eigenvalue weighted by Crippen LogP contribution is 2.61. The van der Waals surface area contributed by atoms with Crippen molar-refractivity contribution in [1.29, 1.82) is 0 Å². The Morgan fingerprint density at radius 1 is 0.846 bits per heavy atom. The molecule has 0 saturated carbocycles. The number of likely N-dealkylation sites (tertiary alicyclic amines) is 1. The molecule has 3 aromatic carbocycles. The number of rotatable bonds is 6. The summed E-state index contributed by atoms with van der Waals surface area (Å²) >= 11 is 5.96. The smallest absolute Gasteiger partial charge is 0.330 e. The molecule has 1 saturated heterocycles. The largest absolute Gasteiger partial charge is 0.454 e. The number of carbonyl (C=O) groups excluding carboxylic acids is 4. The van der Waals surface area contributed by atoms with Crippen LogP contribution in [0.1, 0.15) is 47.9 Å². The third kappa shape index (κ3) is 4.03. The third-order valence-electron chi connectivity index (χ3n) is 8.09. The molecular weight excluding hydrogens is 516 g/mol. The van der Waals surface area contributed by atoms with E-state index in [2.05, 4.69) is 5.32 Å². The van der Waals surface area contributed by atoms with E-state index in [0.717, 1.165) is 27.2 Å². The fourth-order valence-electron chi connectivity index (χ4n) is 6.64. The number of carbonyl (C=O) groups is 4. The first-order valence-electron chi connectivity index (χ1n) is 13.0. The summed E-state index contributed by atoms with van der Waals surface area (Å²) in [5.74, 6) is -4.17. The van der Waals surface area contributed by atoms with Crippen LogP contribution >= 0.6 is 11.6 Å². The van der Waals surface area contributed by atoms with E-state index in [4.69, 9.17) is 16.3 Å². The number of esters is 1. The summed E-state index contributed by atoms with van der Waals surface area (Å²) in [5, 5.41) is 3.08. The second-order valence-electron chi connectivity index (χ2n) is 10.7. The second-order valence-corrected chi connectivity index (χ2v) is 11.1. The number of amides is 3. The number of hydrogen-bond acceptors (Lipinski definition) is 5. The van der Waals surface area contributed by atoms with Gasteiger partial charge in [0.05, 0.1) is 11.8 Å². The summed E-state index contributed by atoms with van der Waals surface area (Å²) < 4.78 is 5.36. The van der Waals surface area contributed by atoms with Gasteiger partial charge < -0.3 is 10.1 Å². The van der Waals surface area contributed by atoms with Crippen LogP contribution in [0.3, 0.4) is 0 Å². The van der Waals surface area contributed by atoms with Gasteiger partial charge in [-0.15, -0.1) is 0 Å². The summed E-state index contributed by atoms with van der Waals surface area (Å²) in [6.07, 6.45) is 0. The van der Waals surface area contributed by atoms with E-state index < -0.39 is 42.3 Å². The van der Waals surface area contributed by atoms with E-state index in [1.54, 1.807) is 38.1 Å². The zero-order valence-electron chi connectivity index (χ0n) is 21.5. The maximum atomic E-state index is 14.0. The lowest BCUT2D eigenvalue weighted by molar-refractivity contribution is -0.162. The zero-order chi connectivity index (χ0) is 27.4. The molecule has 3 atom stereocenters. The van der Waals surface area contributed by atoms with Crippen molar-refractivity contribution in [3.63, 3.8) is 0 Å². The molecule has 3 amide bonds. The van der Waals surface area contributed by atoms with Gasteiger partial charge in [0.15, 0.2) is 6.61 Å². The van der Waals surface area contributed by atoms with Gasteiger partial charge in [0.25, 0.3) is 5.91 Å². The van der Waals surface area contributed by atoms with E-state index in [-0.39, 0.29) is 23.7 Å². The number of benzene rings is 3. The predicted octanol–water partition coefficient (Wildman–Crippen LogP) is 4.74. The first kappa shape index (κ1) is 25.3. The Balaban J connectivity index is 1.27. The zero-order valence-corrected chi connectivity index (χ0v) is 22.2. The molecule has 1 fully saturated rings. The van der Waals surface area contributed by atoms with Crippen molar-refractivity contribution in [3.05, 3.63) is 100 Å². The second kappa shape index (κ2) is 9.65. The Morgan fingerprint density at radius 2 is 1.36 bits per heavy atom. The number of hydrogen-bond donors (Lipinski definition) is 1. The normalized spacial score (nSPS) is 23.2. The number of anilines is 1. The van der Waals surface area contributed by atoms with E-state index in [1.165, 1.54) is 0 Å². The van der Waals surface area contributed by atoms with Crippen LogP contribution in [0.2, 0.25) is 5.02 Å². The molecule has 0 radical (unpaired) electrons. The van der Waals surface area contributed by atoms with E-state index in [0.29, 0.717) is 10.7 Å². The van der Waals surface area contributed by atoms with Crippen molar-refractivity contribution >= 4 is 41.0 Å². The van der Waals surface area contributed by atoms with Gasteiger partial charge in [-0.1, -0.05) is 80.0 Å². The lowest BCUT2D eigenvalue weighted by atomic mass is 9.55. The summed E-state index contributed by atoms with van der Waals surface area (Å²) in [6, 6.07) is 21.4. The molecule has 2 bridgehead atoms. The van der Waals surface area contributed by atoms with Crippen LogP contribution in [-0.4, -0.2) is 41.2 Å². The van der Waals surface area contributed by atoms with Crippen molar-refractivity contribution < 1.29 is 23.9 Å². The van der Waals surface area contributed by atoms with Gasteiger partial charge in [-0.25, -0.2) is 4.79 Å². The van der Waals surface area contributed by atoms with E-state index >= 15 is 0 Å². The topological polar surface area (TPSA) is 92.8 Å². The number of nitrogens with one attached hydrogen (secondary N) is 1. The summed E-state index contributed by atoms with van der Waals surface area (Å²) in [4.78, 5) is 54.9. The standard InChI is InChI=1S/C31H27ClN2O5/c1-16(2)28(31(38)39-15-23(35)33-18-9-7-8-17(32)14-18)34-29(36)26-24-19-10-3-4-11-20(19)25(27(26)30(34)37)22-13-6-5-12-21(22)24/h3-14,16,24-28H,15H2,1-2H3,(H,33,35)/t24?,25?,26-,27-,28+/m0/s1. The van der Waals surface area contributed by atoms with Crippen molar-refractivity contribution in [2.24, 2.45) is 17.8 Å². The minimum atomic E-state index is -1.14. The molecule has 8 heteroatoms. The van der Waals surface area contributed by atoms with Gasteiger partial charge in [0.1, 0.15) is 6.04 Å². The molecule has 0 aromatic heterocycles. The van der Waals surface area contributed by atoms with Crippen LogP contribution in [0.4, 0.5) is 5.69 Å². The van der Waals surface area contributed by atoms with Crippen LogP contribution < -0.4 is 5.32 Å². The molecule has 198 valence electrons. The molecule has 1 N–H and O–H groups in total. The van der Waals surface area contributed by atoms with Crippen LogP contribution in [0, 0.1) is 17.8 Å². The molecule has 7 nitrogen and oxygen atoms in total. The predicted molar refractivity (Wildman–Crippen MR) is 145 cm³/mol. The van der Waals surface area contributed by atoms with Gasteiger partial charge in [0.2, 0.25) is 11.8 Å². The van der Waals surface area contributed by atoms with Crippen LogP contribution in [0.5, 0.6) is 0 Å². The van der Waals surface area contributed by atoms with Crippen molar-refractivity contribution in [2.75, 3.05) is 11.9 Å². The Kier molecular flexibility index (Phi) is 6.26. The minimum Gasteiger partial charge on any atom is -0.454 e. The fourth-order valence-corrected chi connectivity index (χ4v) is 6.83. The molecule has 4 aliphatic rings. The molecule has 1 heterocycles. The number of imide groups is 1. The van der Waals surface area contributed by atoms with Gasteiger partial charge in [-0.05, 0) is 46.4 Å². The third-order valence-corrected chi connectivity index (χ3v) is 8.32. The van der Waals surface area contributed by atoms with Crippen molar-refractivity contribution in [2.45, 2.75) is 31.7 Å². The highest BCUT2D eigenvalue weighted by molar-refractivity contribution is 6.30. The van der Waals surface area contributed by atoms with Crippen LogP contribution in [-0.2, 0) is 23.9 Å². The van der Waals surface area contributed by atoms with E-state index in [1.807, 2.05) is 48.5 Å². The summed E-state index contributed by atoms with van der Waals surface area (Å²) in [5.41, 5.74) is 4.71. The van der Waals surface area contributed by atoms with Gasteiger partial charge in [0, 0.05) is 22.5 Å². The maximum Gasteiger partial charge on any atom is 0.330 e. The minimum absolute atomic E-state index is 0.263. The highest BCUT2D eigenvalue weighted by Gasteiger charge is 2.63. The van der Waals surface area contributed by atoms with E-state index in [9.17, 15) is 19.2 Å². The monoisotopic (exact) mass is 542 g/mol. The Morgan fingerprint density at radius 3 is 1.82 bits per heavy atom. The summed E-state index contributed by atoms with van der Waals surface area (Å²) in [6.45, 7) is 2.97. The molecule has 0 unspecified atom stereocenters. The molecule has 3 aromatic rings. The average Bonchev–Trinajstić information content (AvgIpc) is 3.18. The Hall–Kier alpha value is -3.97. The Labute approximate surface area is 231 Å². The molecule has 1 aliphatic heterocycles. The molecular formula is C31H27ClN2O5. The molecule has 39 heavy (non-hydrogen) atoms. The number of nitrogens with zero attached hydrogens (tertiary/aromatic N) is 1. The summed E-state index contributed by atoms with van der Waals surface area (Å²) in [7, 11) is 0. The molecule has 7 rings (SSSR count). The fraction of sp³-hybridized carbons (Fsp3) is 0.290. The van der Waals surface area contributed by atoms with Crippen LogP contribution in [0.25, 0.3) is 0 Å². The molecule has 0 spiro atoms. The maximum absolute atomic E-state index is 14.0.